The van der Waals surface area contributed by atoms with E-state index in [2.05, 4.69) is 16.9 Å². The van der Waals surface area contributed by atoms with Crippen LogP contribution in [-0.4, -0.2) is 0 Å². The second kappa shape index (κ2) is 3.68. The van der Waals surface area contributed by atoms with Crippen LogP contribution >= 0.6 is 0 Å². The SMILES string of the molecule is [CH2]Cc1ccc(CN=[N+]=[N-])o1. The van der Waals surface area contributed by atoms with Crippen molar-refractivity contribution < 1.29 is 4.42 Å². The van der Waals surface area contributed by atoms with Crippen LogP contribution in [0.2, 0.25) is 0 Å². The van der Waals surface area contributed by atoms with Crippen LogP contribution in [0.25, 0.3) is 10.4 Å². The Morgan fingerprint density at radius 3 is 2.82 bits per heavy atom. The average Bonchev–Trinajstić information content (AvgIpc) is 2.48. The van der Waals surface area contributed by atoms with Crippen molar-refractivity contribution in [2.75, 3.05) is 0 Å². The van der Waals surface area contributed by atoms with Gasteiger partial charge in [-0.15, -0.1) is 0 Å². The first-order valence-electron chi connectivity index (χ1n) is 3.24. The van der Waals surface area contributed by atoms with E-state index < -0.39 is 0 Å². The molecule has 0 spiro atoms. The monoisotopic (exact) mass is 150 g/mol. The molecule has 0 atom stereocenters. The topological polar surface area (TPSA) is 61.9 Å². The van der Waals surface area contributed by atoms with E-state index in [4.69, 9.17) is 9.95 Å². The Labute approximate surface area is 64.5 Å². The Morgan fingerprint density at radius 1 is 1.55 bits per heavy atom. The highest BCUT2D eigenvalue weighted by Crippen LogP contribution is 2.08. The van der Waals surface area contributed by atoms with Gasteiger partial charge in [-0.25, -0.2) is 0 Å². The van der Waals surface area contributed by atoms with Crippen LogP contribution in [-0.2, 0) is 13.0 Å². The average molecular weight is 150 g/mol. The van der Waals surface area contributed by atoms with Crippen molar-refractivity contribution in [1.82, 2.24) is 0 Å². The third kappa shape index (κ3) is 2.02. The van der Waals surface area contributed by atoms with Gasteiger partial charge >= 0.3 is 0 Å². The van der Waals surface area contributed by atoms with Crippen LogP contribution in [0, 0.1) is 6.92 Å². The Kier molecular flexibility index (Phi) is 2.58. The molecule has 1 aromatic rings. The van der Waals surface area contributed by atoms with Crippen molar-refractivity contribution >= 4 is 0 Å². The molecule has 1 aromatic heterocycles. The number of hydrogen-bond donors (Lipinski definition) is 0. The molecule has 4 nitrogen and oxygen atoms in total. The van der Waals surface area contributed by atoms with Gasteiger partial charge in [0.2, 0.25) is 0 Å². The van der Waals surface area contributed by atoms with Gasteiger partial charge in [0.15, 0.2) is 0 Å². The maximum atomic E-state index is 8.00. The Bertz CT molecular complexity index is 273. The first kappa shape index (κ1) is 7.69. The smallest absolute Gasteiger partial charge is 0.110 e. The number of nitrogens with zero attached hydrogens (tertiary/aromatic N) is 3. The molecular formula is C7H8N3O. The highest BCUT2D eigenvalue weighted by atomic mass is 16.3. The van der Waals surface area contributed by atoms with Crippen LogP contribution in [0.5, 0.6) is 0 Å². The predicted molar refractivity (Wildman–Crippen MR) is 40.6 cm³/mol. The summed E-state index contributed by atoms with van der Waals surface area (Å²) in [5.74, 6) is 1.49. The summed E-state index contributed by atoms with van der Waals surface area (Å²) in [7, 11) is 0. The van der Waals surface area contributed by atoms with Gasteiger partial charge < -0.3 is 4.42 Å². The van der Waals surface area contributed by atoms with Gasteiger partial charge in [-0.1, -0.05) is 5.11 Å². The lowest BCUT2D eigenvalue weighted by Gasteiger charge is -1.87. The van der Waals surface area contributed by atoms with Crippen LogP contribution in [0.1, 0.15) is 11.5 Å². The molecular weight excluding hydrogens is 142 g/mol. The summed E-state index contributed by atoms with van der Waals surface area (Å²) >= 11 is 0. The molecule has 0 fully saturated rings. The quantitative estimate of drug-likeness (QED) is 0.371. The van der Waals surface area contributed by atoms with E-state index in [0.29, 0.717) is 12.2 Å². The zero-order valence-electron chi connectivity index (χ0n) is 6.03. The fourth-order valence-electron chi connectivity index (χ4n) is 0.743. The van der Waals surface area contributed by atoms with E-state index in [-0.39, 0.29) is 6.54 Å². The van der Waals surface area contributed by atoms with Crippen molar-refractivity contribution in [2.24, 2.45) is 5.11 Å². The Morgan fingerprint density at radius 2 is 2.27 bits per heavy atom. The summed E-state index contributed by atoms with van der Waals surface area (Å²) in [6.45, 7) is 3.93. The van der Waals surface area contributed by atoms with Gasteiger partial charge in [0.1, 0.15) is 11.5 Å². The van der Waals surface area contributed by atoms with Crippen LogP contribution in [0.3, 0.4) is 0 Å². The maximum Gasteiger partial charge on any atom is 0.110 e. The zero-order valence-corrected chi connectivity index (χ0v) is 6.03. The molecule has 0 bridgehead atoms. The molecule has 11 heavy (non-hydrogen) atoms. The van der Waals surface area contributed by atoms with Crippen molar-refractivity contribution in [3.05, 3.63) is 41.0 Å². The molecule has 0 aromatic carbocycles. The summed E-state index contributed by atoms with van der Waals surface area (Å²) in [6, 6.07) is 3.62. The van der Waals surface area contributed by atoms with Gasteiger partial charge in [-0.3, -0.25) is 0 Å². The van der Waals surface area contributed by atoms with Gasteiger partial charge in [0.05, 0.1) is 6.54 Å². The molecule has 0 saturated carbocycles. The van der Waals surface area contributed by atoms with E-state index in [1.807, 2.05) is 6.07 Å². The summed E-state index contributed by atoms with van der Waals surface area (Å²) in [5.41, 5.74) is 8.00. The van der Waals surface area contributed by atoms with E-state index in [0.717, 1.165) is 5.76 Å². The lowest BCUT2D eigenvalue weighted by Crippen LogP contribution is -1.73. The number of hydrogen-bond acceptors (Lipinski definition) is 2. The van der Waals surface area contributed by atoms with Gasteiger partial charge in [-0.2, -0.15) is 0 Å². The first-order chi connectivity index (χ1) is 5.36. The largest absolute Gasteiger partial charge is 0.466 e. The third-order valence-electron chi connectivity index (χ3n) is 1.25. The van der Waals surface area contributed by atoms with Crippen LogP contribution < -0.4 is 0 Å². The molecule has 0 saturated heterocycles. The fraction of sp³-hybridized carbons (Fsp3) is 0.286. The molecule has 0 unspecified atom stereocenters. The molecule has 0 aliphatic heterocycles. The first-order valence-corrected chi connectivity index (χ1v) is 3.24. The summed E-state index contributed by atoms with van der Waals surface area (Å²) in [4.78, 5) is 2.62. The second-order valence-electron chi connectivity index (χ2n) is 2.01. The van der Waals surface area contributed by atoms with Crippen LogP contribution in [0.4, 0.5) is 0 Å². The molecule has 4 heteroatoms. The standard InChI is InChI=1S/C7H8N3O/c1-2-6-3-4-7(11-6)5-9-10-8/h3-4H,1-2,5H2. The minimum atomic E-state index is 0.274. The zero-order chi connectivity index (χ0) is 8.10. The third-order valence-corrected chi connectivity index (χ3v) is 1.25. The molecule has 57 valence electrons. The Hall–Kier alpha value is -1.41. The highest BCUT2D eigenvalue weighted by Gasteiger charge is 1.96. The molecule has 1 radical (unpaired) electrons. The van der Waals surface area contributed by atoms with Crippen molar-refractivity contribution in [3.63, 3.8) is 0 Å². The molecule has 0 N–H and O–H groups in total. The molecule has 0 amide bonds. The summed E-state index contributed by atoms with van der Waals surface area (Å²) in [6.07, 6.45) is 0.621. The highest BCUT2D eigenvalue weighted by molar-refractivity contribution is 5.07. The van der Waals surface area contributed by atoms with Crippen molar-refractivity contribution in [2.45, 2.75) is 13.0 Å². The minimum absolute atomic E-state index is 0.274. The number of furan rings is 1. The van der Waals surface area contributed by atoms with E-state index in [1.165, 1.54) is 0 Å². The number of azide groups is 1. The molecule has 1 rings (SSSR count). The lowest BCUT2D eigenvalue weighted by atomic mass is 10.4. The molecule has 0 aliphatic rings. The van der Waals surface area contributed by atoms with Gasteiger partial charge in [-0.05, 0) is 24.6 Å². The molecule has 0 aliphatic carbocycles. The minimum Gasteiger partial charge on any atom is -0.466 e. The van der Waals surface area contributed by atoms with Crippen molar-refractivity contribution in [3.8, 4) is 0 Å². The molecule has 1 heterocycles. The predicted octanol–water partition coefficient (Wildman–Crippen LogP) is 2.47. The number of rotatable bonds is 3. The lowest BCUT2D eigenvalue weighted by molar-refractivity contribution is 0.476. The Balaban J connectivity index is 2.64. The van der Waals surface area contributed by atoms with E-state index in [1.54, 1.807) is 6.07 Å². The van der Waals surface area contributed by atoms with E-state index in [9.17, 15) is 0 Å². The van der Waals surface area contributed by atoms with Gasteiger partial charge in [0.25, 0.3) is 0 Å². The summed E-state index contributed by atoms with van der Waals surface area (Å²) in [5, 5.41) is 3.36. The van der Waals surface area contributed by atoms with Crippen molar-refractivity contribution in [1.29, 1.82) is 0 Å². The second-order valence-corrected chi connectivity index (χ2v) is 2.01. The fourth-order valence-corrected chi connectivity index (χ4v) is 0.743. The normalized spacial score (nSPS) is 9.18. The van der Waals surface area contributed by atoms with Gasteiger partial charge in [0, 0.05) is 11.3 Å². The maximum absolute atomic E-state index is 8.00. The van der Waals surface area contributed by atoms with Crippen LogP contribution in [0.15, 0.2) is 21.7 Å². The van der Waals surface area contributed by atoms with E-state index >= 15 is 0 Å². The summed E-state index contributed by atoms with van der Waals surface area (Å²) < 4.78 is 5.21.